The highest BCUT2D eigenvalue weighted by atomic mass is 32.2. The molecule has 1 fully saturated rings. The van der Waals surface area contributed by atoms with Crippen molar-refractivity contribution in [2.75, 3.05) is 13.1 Å². The Morgan fingerprint density at radius 2 is 1.96 bits per heavy atom. The molecule has 0 saturated carbocycles. The largest absolute Gasteiger partial charge is 0.419 e. The van der Waals surface area contributed by atoms with Crippen LogP contribution in [0.15, 0.2) is 49.8 Å². The number of fused-ring (bicyclic) bond motifs is 1. The van der Waals surface area contributed by atoms with Crippen LogP contribution in [0.2, 0.25) is 0 Å². The van der Waals surface area contributed by atoms with E-state index in [-0.39, 0.29) is 4.90 Å². The van der Waals surface area contributed by atoms with Gasteiger partial charge in [0.2, 0.25) is 10.0 Å². The van der Waals surface area contributed by atoms with Crippen LogP contribution in [0.3, 0.4) is 0 Å². The fourth-order valence-corrected chi connectivity index (χ4v) is 5.71. The van der Waals surface area contributed by atoms with Gasteiger partial charge in [0, 0.05) is 25.0 Å². The Kier molecular flexibility index (Phi) is 4.05. The minimum atomic E-state index is -3.57. The molecule has 2 aromatic heterocycles. The number of hydrogen-bond acceptors (Lipinski definition) is 5. The number of aryl methyl sites for hydroxylation is 1. The van der Waals surface area contributed by atoms with E-state index in [4.69, 9.17) is 4.42 Å². The molecule has 3 aromatic rings. The molecule has 1 aromatic carbocycles. The second-order valence-corrected chi connectivity index (χ2v) is 9.17. The molecule has 1 saturated heterocycles. The second-order valence-electron chi connectivity index (χ2n) is 6.25. The first kappa shape index (κ1) is 16.6. The normalized spacial score (nSPS) is 17.3. The fraction of sp³-hybridized carbons (Fsp3) is 0.353. The topological polar surface area (TPSA) is 72.5 Å². The molecule has 1 aliphatic rings. The number of sulfonamides is 1. The summed E-state index contributed by atoms with van der Waals surface area (Å²) < 4.78 is 33.8. The van der Waals surface area contributed by atoms with Gasteiger partial charge in [-0.25, -0.2) is 13.2 Å². The van der Waals surface area contributed by atoms with Gasteiger partial charge in [0.1, 0.15) is 0 Å². The quantitative estimate of drug-likeness (QED) is 0.702. The van der Waals surface area contributed by atoms with E-state index >= 15 is 0 Å². The molecule has 8 heteroatoms. The number of oxazole rings is 1. The van der Waals surface area contributed by atoms with Gasteiger partial charge in [-0.05, 0) is 48.4 Å². The van der Waals surface area contributed by atoms with Crippen LogP contribution in [-0.4, -0.2) is 30.4 Å². The predicted octanol–water partition coefficient (Wildman–Crippen LogP) is 2.76. The summed E-state index contributed by atoms with van der Waals surface area (Å²) in [4.78, 5) is 13.1. The van der Waals surface area contributed by atoms with Gasteiger partial charge in [0.25, 0.3) is 0 Å². The predicted molar refractivity (Wildman–Crippen MR) is 96.5 cm³/mol. The van der Waals surface area contributed by atoms with Gasteiger partial charge >= 0.3 is 5.76 Å². The zero-order chi connectivity index (χ0) is 17.6. The van der Waals surface area contributed by atoms with E-state index in [0.29, 0.717) is 30.1 Å². The first-order valence-electron chi connectivity index (χ1n) is 8.10. The lowest BCUT2D eigenvalue weighted by molar-refractivity contribution is 0.321. The summed E-state index contributed by atoms with van der Waals surface area (Å²) in [6, 6.07) is 8.72. The smallest absolute Gasteiger partial charge is 0.408 e. The standard InChI is InChI=1S/C17H18N2O4S2/c1-18-14-11-13(4-5-15(14)23-17(18)20)25(21,22)19-8-6-12(7-9-19)16-3-2-10-24-16/h2-5,10-12H,6-9H2,1H3. The van der Waals surface area contributed by atoms with Crippen molar-refractivity contribution >= 4 is 32.5 Å². The van der Waals surface area contributed by atoms with E-state index in [1.165, 1.54) is 25.9 Å². The molecule has 0 aliphatic carbocycles. The minimum absolute atomic E-state index is 0.200. The number of nitrogens with zero attached hydrogens (tertiary/aromatic N) is 2. The molecule has 0 N–H and O–H groups in total. The van der Waals surface area contributed by atoms with Crippen molar-refractivity contribution in [3.63, 3.8) is 0 Å². The van der Waals surface area contributed by atoms with Crippen LogP contribution in [-0.2, 0) is 17.1 Å². The number of benzene rings is 1. The Hall–Kier alpha value is -1.90. The molecule has 1 aliphatic heterocycles. The van der Waals surface area contributed by atoms with E-state index < -0.39 is 15.8 Å². The Morgan fingerprint density at radius 1 is 1.20 bits per heavy atom. The third-order valence-electron chi connectivity index (χ3n) is 4.80. The summed E-state index contributed by atoms with van der Waals surface area (Å²) >= 11 is 1.73. The van der Waals surface area contributed by atoms with Gasteiger partial charge in [0.05, 0.1) is 10.4 Å². The van der Waals surface area contributed by atoms with Crippen molar-refractivity contribution in [3.8, 4) is 0 Å². The molecule has 3 heterocycles. The average Bonchev–Trinajstić information content (AvgIpc) is 3.24. The molecule has 0 spiro atoms. The summed E-state index contributed by atoms with van der Waals surface area (Å²) in [6.07, 6.45) is 1.65. The van der Waals surface area contributed by atoms with Gasteiger partial charge in [0.15, 0.2) is 5.58 Å². The number of rotatable bonds is 3. The van der Waals surface area contributed by atoms with Crippen LogP contribution in [0.4, 0.5) is 0 Å². The summed E-state index contributed by atoms with van der Waals surface area (Å²) in [5.41, 5.74) is 0.877. The third kappa shape index (κ3) is 2.84. The highest BCUT2D eigenvalue weighted by molar-refractivity contribution is 7.89. The first-order chi connectivity index (χ1) is 12.0. The van der Waals surface area contributed by atoms with E-state index in [2.05, 4.69) is 11.4 Å². The van der Waals surface area contributed by atoms with Crippen molar-refractivity contribution in [2.24, 2.45) is 7.05 Å². The summed E-state index contributed by atoms with van der Waals surface area (Å²) in [5, 5.41) is 2.06. The molecule has 0 radical (unpaired) electrons. The van der Waals surface area contributed by atoms with Crippen LogP contribution >= 0.6 is 11.3 Å². The van der Waals surface area contributed by atoms with Gasteiger partial charge in [-0.1, -0.05) is 6.07 Å². The SMILES string of the molecule is Cn1c(=O)oc2ccc(S(=O)(=O)N3CCC(c4cccs4)CC3)cc21. The van der Waals surface area contributed by atoms with Gasteiger partial charge in [-0.2, -0.15) is 4.31 Å². The number of hydrogen-bond donors (Lipinski definition) is 0. The number of thiophene rings is 1. The molecular formula is C17H18N2O4S2. The monoisotopic (exact) mass is 378 g/mol. The average molecular weight is 378 g/mol. The van der Waals surface area contributed by atoms with Crippen molar-refractivity contribution in [3.05, 3.63) is 51.1 Å². The van der Waals surface area contributed by atoms with Crippen molar-refractivity contribution < 1.29 is 12.8 Å². The molecule has 0 atom stereocenters. The Labute approximate surface area is 149 Å². The van der Waals surface area contributed by atoms with E-state index in [1.54, 1.807) is 24.5 Å². The zero-order valence-corrected chi connectivity index (χ0v) is 15.3. The van der Waals surface area contributed by atoms with Crippen LogP contribution in [0.25, 0.3) is 11.1 Å². The van der Waals surface area contributed by atoms with Crippen LogP contribution in [0.5, 0.6) is 0 Å². The lowest BCUT2D eigenvalue weighted by atomic mass is 9.97. The van der Waals surface area contributed by atoms with Crippen molar-refractivity contribution in [1.82, 2.24) is 8.87 Å². The molecule has 0 unspecified atom stereocenters. The summed E-state index contributed by atoms with van der Waals surface area (Å²) in [5.74, 6) is -0.0649. The second kappa shape index (κ2) is 6.12. The van der Waals surface area contributed by atoms with E-state index in [9.17, 15) is 13.2 Å². The zero-order valence-electron chi connectivity index (χ0n) is 13.7. The van der Waals surface area contributed by atoms with E-state index in [0.717, 1.165) is 12.8 Å². The fourth-order valence-electron chi connectivity index (χ4n) is 3.32. The van der Waals surface area contributed by atoms with Crippen LogP contribution in [0, 0.1) is 0 Å². The Morgan fingerprint density at radius 3 is 2.64 bits per heavy atom. The lowest BCUT2D eigenvalue weighted by Gasteiger charge is -2.30. The maximum absolute atomic E-state index is 13.0. The maximum atomic E-state index is 13.0. The molecule has 25 heavy (non-hydrogen) atoms. The highest BCUT2D eigenvalue weighted by Gasteiger charge is 2.30. The molecule has 0 bridgehead atoms. The Balaban J connectivity index is 1.60. The number of piperidine rings is 1. The third-order valence-corrected chi connectivity index (χ3v) is 7.73. The van der Waals surface area contributed by atoms with Gasteiger partial charge in [-0.15, -0.1) is 11.3 Å². The molecular weight excluding hydrogens is 360 g/mol. The summed E-state index contributed by atoms with van der Waals surface area (Å²) in [6.45, 7) is 1.01. The van der Waals surface area contributed by atoms with Crippen LogP contribution in [0.1, 0.15) is 23.6 Å². The molecule has 0 amide bonds. The summed E-state index contributed by atoms with van der Waals surface area (Å²) in [7, 11) is -2.01. The molecule has 6 nitrogen and oxygen atoms in total. The molecule has 4 rings (SSSR count). The maximum Gasteiger partial charge on any atom is 0.419 e. The van der Waals surface area contributed by atoms with E-state index in [1.807, 2.05) is 6.07 Å². The van der Waals surface area contributed by atoms with Gasteiger partial charge in [-0.3, -0.25) is 4.57 Å². The number of aromatic nitrogens is 1. The Bertz CT molecular complexity index is 1060. The van der Waals surface area contributed by atoms with Crippen molar-refractivity contribution in [1.29, 1.82) is 0 Å². The minimum Gasteiger partial charge on any atom is -0.408 e. The first-order valence-corrected chi connectivity index (χ1v) is 10.4. The van der Waals surface area contributed by atoms with Crippen LogP contribution < -0.4 is 5.76 Å². The van der Waals surface area contributed by atoms with Crippen molar-refractivity contribution in [2.45, 2.75) is 23.7 Å². The lowest BCUT2D eigenvalue weighted by Crippen LogP contribution is -2.37. The molecule has 132 valence electrons. The van der Waals surface area contributed by atoms with Gasteiger partial charge < -0.3 is 4.42 Å². The highest BCUT2D eigenvalue weighted by Crippen LogP contribution is 2.33.